The number of rotatable bonds is 4. The summed E-state index contributed by atoms with van der Waals surface area (Å²) in [4.78, 5) is 12.1. The van der Waals surface area contributed by atoms with Crippen molar-refractivity contribution in [1.82, 2.24) is 10.6 Å². The van der Waals surface area contributed by atoms with Crippen molar-refractivity contribution in [3.05, 3.63) is 0 Å². The first-order valence-electron chi connectivity index (χ1n) is 7.33. The number of hydrogen-bond donors (Lipinski definition) is 2. The number of carbonyl (C=O) groups excluding carboxylic acids is 1. The van der Waals surface area contributed by atoms with Gasteiger partial charge in [-0.3, -0.25) is 4.79 Å². The number of ether oxygens (including phenoxy) is 1. The molecule has 2 atom stereocenters. The molecule has 2 heterocycles. The lowest BCUT2D eigenvalue weighted by molar-refractivity contribution is -0.130. The van der Waals surface area contributed by atoms with Crippen molar-refractivity contribution >= 4 is 5.91 Å². The maximum Gasteiger partial charge on any atom is 0.223 e. The SMILES string of the molecule is CC1COCCC1C(=O)NCCC1CCNCC1. The summed E-state index contributed by atoms with van der Waals surface area (Å²) >= 11 is 0. The van der Waals surface area contributed by atoms with Crippen LogP contribution in [0.15, 0.2) is 0 Å². The summed E-state index contributed by atoms with van der Waals surface area (Å²) in [6, 6.07) is 0. The van der Waals surface area contributed by atoms with E-state index in [9.17, 15) is 4.79 Å². The van der Waals surface area contributed by atoms with Gasteiger partial charge in [-0.15, -0.1) is 0 Å². The van der Waals surface area contributed by atoms with Crippen molar-refractivity contribution in [2.24, 2.45) is 17.8 Å². The van der Waals surface area contributed by atoms with Gasteiger partial charge in [-0.05, 0) is 50.6 Å². The molecule has 0 radical (unpaired) electrons. The summed E-state index contributed by atoms with van der Waals surface area (Å²) in [6.45, 7) is 6.68. The molecule has 1 amide bonds. The predicted octanol–water partition coefficient (Wildman–Crippen LogP) is 1.16. The van der Waals surface area contributed by atoms with Crippen molar-refractivity contribution in [2.45, 2.75) is 32.6 Å². The summed E-state index contributed by atoms with van der Waals surface area (Å²) in [5, 5.41) is 6.49. The summed E-state index contributed by atoms with van der Waals surface area (Å²) in [6.07, 6.45) is 4.51. The maximum atomic E-state index is 12.1. The van der Waals surface area contributed by atoms with Crippen LogP contribution < -0.4 is 10.6 Å². The molecule has 0 spiro atoms. The predicted molar refractivity (Wildman–Crippen MR) is 71.3 cm³/mol. The van der Waals surface area contributed by atoms with Gasteiger partial charge in [0.1, 0.15) is 0 Å². The first-order valence-corrected chi connectivity index (χ1v) is 7.33. The van der Waals surface area contributed by atoms with Crippen LogP contribution in [0.1, 0.15) is 32.6 Å². The summed E-state index contributed by atoms with van der Waals surface area (Å²) in [5.41, 5.74) is 0. The van der Waals surface area contributed by atoms with E-state index in [-0.39, 0.29) is 11.8 Å². The van der Waals surface area contributed by atoms with Gasteiger partial charge in [0.05, 0.1) is 0 Å². The average molecular weight is 254 g/mol. The summed E-state index contributed by atoms with van der Waals surface area (Å²) in [7, 11) is 0. The lowest BCUT2D eigenvalue weighted by Gasteiger charge is -2.28. The third kappa shape index (κ3) is 3.95. The van der Waals surface area contributed by atoms with Gasteiger partial charge >= 0.3 is 0 Å². The Bertz CT molecular complexity index is 265. The van der Waals surface area contributed by atoms with E-state index in [4.69, 9.17) is 4.74 Å². The van der Waals surface area contributed by atoms with Crippen molar-refractivity contribution in [3.63, 3.8) is 0 Å². The van der Waals surface area contributed by atoms with Gasteiger partial charge < -0.3 is 15.4 Å². The largest absolute Gasteiger partial charge is 0.381 e. The number of piperidine rings is 1. The van der Waals surface area contributed by atoms with E-state index >= 15 is 0 Å². The van der Waals surface area contributed by atoms with Gasteiger partial charge in [0.15, 0.2) is 0 Å². The Labute approximate surface area is 110 Å². The molecule has 2 rings (SSSR count). The molecule has 4 heteroatoms. The molecule has 2 N–H and O–H groups in total. The summed E-state index contributed by atoms with van der Waals surface area (Å²) in [5.74, 6) is 1.54. The fourth-order valence-electron chi connectivity index (χ4n) is 2.97. The van der Waals surface area contributed by atoms with Crippen LogP contribution in [0.3, 0.4) is 0 Å². The molecular weight excluding hydrogens is 228 g/mol. The van der Waals surface area contributed by atoms with E-state index in [1.807, 2.05) is 0 Å². The number of nitrogens with one attached hydrogen (secondary N) is 2. The normalized spacial score (nSPS) is 30.1. The van der Waals surface area contributed by atoms with E-state index in [1.165, 1.54) is 12.8 Å². The Balaban J connectivity index is 1.64. The fourth-order valence-corrected chi connectivity index (χ4v) is 2.97. The lowest BCUT2D eigenvalue weighted by Crippen LogP contribution is -2.40. The average Bonchev–Trinajstić information content (AvgIpc) is 2.40. The second-order valence-corrected chi connectivity index (χ2v) is 5.72. The third-order valence-electron chi connectivity index (χ3n) is 4.29. The van der Waals surface area contributed by atoms with Crippen molar-refractivity contribution in [3.8, 4) is 0 Å². The van der Waals surface area contributed by atoms with Crippen LogP contribution in [-0.4, -0.2) is 38.8 Å². The lowest BCUT2D eigenvalue weighted by atomic mass is 9.89. The quantitative estimate of drug-likeness (QED) is 0.791. The Morgan fingerprint density at radius 2 is 2.11 bits per heavy atom. The topological polar surface area (TPSA) is 50.4 Å². The Morgan fingerprint density at radius 3 is 2.83 bits per heavy atom. The van der Waals surface area contributed by atoms with Crippen molar-refractivity contribution in [1.29, 1.82) is 0 Å². The molecule has 0 saturated carbocycles. The van der Waals surface area contributed by atoms with Crippen molar-refractivity contribution in [2.75, 3.05) is 32.8 Å². The second kappa shape index (κ2) is 7.10. The highest BCUT2D eigenvalue weighted by atomic mass is 16.5. The molecule has 0 aromatic carbocycles. The zero-order chi connectivity index (χ0) is 12.8. The number of carbonyl (C=O) groups is 1. The fraction of sp³-hybridized carbons (Fsp3) is 0.929. The van der Waals surface area contributed by atoms with Gasteiger partial charge in [-0.2, -0.15) is 0 Å². The zero-order valence-electron chi connectivity index (χ0n) is 11.4. The highest BCUT2D eigenvalue weighted by Gasteiger charge is 2.28. The standard InChI is InChI=1S/C14H26N2O2/c1-11-10-18-9-5-13(11)14(17)16-8-4-12-2-6-15-7-3-12/h11-13,15H,2-10H2,1H3,(H,16,17). The van der Waals surface area contributed by atoms with Gasteiger partial charge in [0, 0.05) is 25.7 Å². The van der Waals surface area contributed by atoms with E-state index in [2.05, 4.69) is 17.6 Å². The molecule has 104 valence electrons. The van der Waals surface area contributed by atoms with E-state index in [1.54, 1.807) is 0 Å². The van der Waals surface area contributed by atoms with Crippen LogP contribution >= 0.6 is 0 Å². The van der Waals surface area contributed by atoms with Crippen LogP contribution in [0, 0.1) is 17.8 Å². The maximum absolute atomic E-state index is 12.1. The molecule has 4 nitrogen and oxygen atoms in total. The minimum atomic E-state index is 0.159. The molecule has 0 aromatic heterocycles. The third-order valence-corrected chi connectivity index (χ3v) is 4.29. The van der Waals surface area contributed by atoms with Gasteiger partial charge in [0.2, 0.25) is 5.91 Å². The highest BCUT2D eigenvalue weighted by molar-refractivity contribution is 5.78. The summed E-state index contributed by atoms with van der Waals surface area (Å²) < 4.78 is 5.37. The number of amides is 1. The van der Waals surface area contributed by atoms with Gasteiger partial charge in [-0.1, -0.05) is 6.92 Å². The zero-order valence-corrected chi connectivity index (χ0v) is 11.4. The molecule has 0 aliphatic carbocycles. The monoisotopic (exact) mass is 254 g/mol. The molecule has 2 aliphatic rings. The van der Waals surface area contributed by atoms with Crippen LogP contribution in [0.25, 0.3) is 0 Å². The van der Waals surface area contributed by atoms with Crippen LogP contribution in [0.2, 0.25) is 0 Å². The minimum Gasteiger partial charge on any atom is -0.381 e. The molecule has 0 bridgehead atoms. The molecular formula is C14H26N2O2. The Kier molecular flexibility index (Phi) is 5.45. The van der Waals surface area contributed by atoms with Crippen LogP contribution in [-0.2, 0) is 9.53 Å². The Hall–Kier alpha value is -0.610. The van der Waals surface area contributed by atoms with Crippen LogP contribution in [0.5, 0.6) is 0 Å². The van der Waals surface area contributed by atoms with E-state index in [0.717, 1.165) is 51.6 Å². The van der Waals surface area contributed by atoms with Crippen molar-refractivity contribution < 1.29 is 9.53 Å². The number of hydrogen-bond acceptors (Lipinski definition) is 3. The second-order valence-electron chi connectivity index (χ2n) is 5.72. The molecule has 0 aromatic rings. The molecule has 18 heavy (non-hydrogen) atoms. The minimum absolute atomic E-state index is 0.159. The first-order chi connectivity index (χ1) is 8.77. The van der Waals surface area contributed by atoms with Gasteiger partial charge in [0.25, 0.3) is 0 Å². The molecule has 2 saturated heterocycles. The molecule has 2 fully saturated rings. The van der Waals surface area contributed by atoms with Crippen LogP contribution in [0.4, 0.5) is 0 Å². The van der Waals surface area contributed by atoms with Gasteiger partial charge in [-0.25, -0.2) is 0 Å². The molecule has 2 unspecified atom stereocenters. The molecule has 2 aliphatic heterocycles. The highest BCUT2D eigenvalue weighted by Crippen LogP contribution is 2.21. The van der Waals surface area contributed by atoms with E-state index in [0.29, 0.717) is 5.92 Å². The Morgan fingerprint density at radius 1 is 1.33 bits per heavy atom. The first kappa shape index (κ1) is 13.8. The van der Waals surface area contributed by atoms with E-state index < -0.39 is 0 Å². The smallest absolute Gasteiger partial charge is 0.223 e.